The summed E-state index contributed by atoms with van der Waals surface area (Å²) in [6.45, 7) is 6.82. The van der Waals surface area contributed by atoms with Gasteiger partial charge in [0.05, 0.1) is 10.2 Å². The number of carbonyl (C=O) groups excluding carboxylic acids is 1. The number of rotatable bonds is 3. The third-order valence-electron chi connectivity index (χ3n) is 3.24. The summed E-state index contributed by atoms with van der Waals surface area (Å²) in [5.41, 5.74) is 3.68. The van der Waals surface area contributed by atoms with Gasteiger partial charge in [0.1, 0.15) is 0 Å². The first-order valence-electron chi connectivity index (χ1n) is 6.79. The zero-order valence-corrected chi connectivity index (χ0v) is 13.0. The summed E-state index contributed by atoms with van der Waals surface area (Å²) in [7, 11) is 0. The van der Waals surface area contributed by atoms with Gasteiger partial charge in [-0.2, -0.15) is 5.10 Å². The van der Waals surface area contributed by atoms with Crippen LogP contribution >= 0.6 is 11.3 Å². The van der Waals surface area contributed by atoms with Crippen molar-refractivity contribution >= 4 is 32.6 Å². The Hall–Kier alpha value is -2.21. The molecule has 0 saturated heterocycles. The van der Waals surface area contributed by atoms with E-state index in [1.165, 1.54) is 22.5 Å². The molecule has 5 nitrogen and oxygen atoms in total. The first-order chi connectivity index (χ1) is 10.1. The van der Waals surface area contributed by atoms with Gasteiger partial charge in [-0.05, 0) is 44.0 Å². The van der Waals surface area contributed by atoms with Gasteiger partial charge in [0, 0.05) is 12.7 Å². The van der Waals surface area contributed by atoms with E-state index in [0.717, 1.165) is 16.8 Å². The van der Waals surface area contributed by atoms with Gasteiger partial charge >= 0.3 is 0 Å². The van der Waals surface area contributed by atoms with Crippen LogP contribution in [0, 0.1) is 13.8 Å². The maximum Gasteiger partial charge on any atom is 0.277 e. The zero-order chi connectivity index (χ0) is 15.0. The van der Waals surface area contributed by atoms with Crippen molar-refractivity contribution in [2.75, 3.05) is 5.32 Å². The number of benzene rings is 1. The smallest absolute Gasteiger partial charge is 0.277 e. The number of hydrogen-bond acceptors (Lipinski definition) is 4. The molecule has 0 radical (unpaired) electrons. The Morgan fingerprint density at radius 1 is 1.38 bits per heavy atom. The molecule has 0 unspecified atom stereocenters. The molecular weight excluding hydrogens is 284 g/mol. The van der Waals surface area contributed by atoms with Gasteiger partial charge < -0.3 is 0 Å². The Kier molecular flexibility index (Phi) is 3.47. The fourth-order valence-corrected chi connectivity index (χ4v) is 3.16. The molecule has 0 aliphatic rings. The minimum absolute atomic E-state index is 0.226. The van der Waals surface area contributed by atoms with Gasteiger partial charge in [-0.1, -0.05) is 17.4 Å². The first kappa shape index (κ1) is 13.8. The summed E-state index contributed by atoms with van der Waals surface area (Å²) in [6, 6.07) is 5.86. The number of anilines is 1. The molecule has 1 N–H and O–H groups in total. The van der Waals surface area contributed by atoms with Crippen molar-refractivity contribution in [1.29, 1.82) is 0 Å². The molecule has 0 aliphatic carbocycles. The number of fused-ring (bicyclic) bond motifs is 1. The molecule has 3 aromatic rings. The molecule has 3 rings (SSSR count). The Morgan fingerprint density at radius 3 is 2.90 bits per heavy atom. The predicted molar refractivity (Wildman–Crippen MR) is 84.9 cm³/mol. The Morgan fingerprint density at radius 2 is 2.19 bits per heavy atom. The highest BCUT2D eigenvalue weighted by Gasteiger charge is 2.13. The van der Waals surface area contributed by atoms with E-state index in [2.05, 4.69) is 28.4 Å². The second kappa shape index (κ2) is 5.29. The van der Waals surface area contributed by atoms with E-state index in [1.54, 1.807) is 16.9 Å². The third kappa shape index (κ3) is 2.67. The van der Waals surface area contributed by atoms with Crippen LogP contribution in [0.4, 0.5) is 5.13 Å². The molecule has 0 aliphatic heterocycles. The fourth-order valence-electron chi connectivity index (χ4n) is 2.25. The highest BCUT2D eigenvalue weighted by Crippen LogP contribution is 2.29. The van der Waals surface area contributed by atoms with E-state index in [9.17, 15) is 4.79 Å². The van der Waals surface area contributed by atoms with Crippen LogP contribution in [0.5, 0.6) is 0 Å². The average molecular weight is 300 g/mol. The van der Waals surface area contributed by atoms with Crippen molar-refractivity contribution in [2.24, 2.45) is 0 Å². The molecule has 0 bridgehead atoms. The van der Waals surface area contributed by atoms with Crippen molar-refractivity contribution in [3.8, 4) is 0 Å². The Bertz CT molecular complexity index is 818. The van der Waals surface area contributed by atoms with Crippen LogP contribution in [0.15, 0.2) is 24.4 Å². The van der Waals surface area contributed by atoms with Crippen LogP contribution in [0.2, 0.25) is 0 Å². The van der Waals surface area contributed by atoms with Crippen LogP contribution < -0.4 is 5.32 Å². The summed E-state index contributed by atoms with van der Waals surface area (Å²) < 4.78 is 2.83. The number of hydrogen-bond donors (Lipinski definition) is 1. The Balaban J connectivity index is 1.87. The van der Waals surface area contributed by atoms with Crippen molar-refractivity contribution in [2.45, 2.75) is 27.3 Å². The lowest BCUT2D eigenvalue weighted by Gasteiger charge is -1.97. The van der Waals surface area contributed by atoms with Gasteiger partial charge in [0.2, 0.25) is 0 Å². The van der Waals surface area contributed by atoms with E-state index in [4.69, 9.17) is 0 Å². The van der Waals surface area contributed by atoms with Gasteiger partial charge in [-0.25, -0.2) is 4.98 Å². The molecule has 1 amide bonds. The van der Waals surface area contributed by atoms with Crippen molar-refractivity contribution in [3.63, 3.8) is 0 Å². The number of nitrogens with one attached hydrogen (secondary N) is 1. The van der Waals surface area contributed by atoms with Crippen LogP contribution in [-0.2, 0) is 6.54 Å². The van der Waals surface area contributed by atoms with E-state index >= 15 is 0 Å². The lowest BCUT2D eigenvalue weighted by Crippen LogP contribution is -2.13. The maximum atomic E-state index is 12.2. The van der Waals surface area contributed by atoms with Gasteiger partial charge in [0.25, 0.3) is 5.91 Å². The molecule has 108 valence electrons. The maximum absolute atomic E-state index is 12.2. The molecule has 1 aromatic carbocycles. The second-order valence-electron chi connectivity index (χ2n) is 4.96. The average Bonchev–Trinajstić information content (AvgIpc) is 3.04. The monoisotopic (exact) mass is 300 g/mol. The molecule has 0 fully saturated rings. The summed E-state index contributed by atoms with van der Waals surface area (Å²) >= 11 is 1.49. The van der Waals surface area contributed by atoms with E-state index in [-0.39, 0.29) is 5.91 Å². The summed E-state index contributed by atoms with van der Waals surface area (Å²) in [4.78, 5) is 16.6. The molecular formula is C15H16N4OS. The lowest BCUT2D eigenvalue weighted by atomic mass is 10.1. The summed E-state index contributed by atoms with van der Waals surface area (Å²) in [5, 5.41) is 7.62. The largest absolute Gasteiger partial charge is 0.296 e. The van der Waals surface area contributed by atoms with Crippen LogP contribution in [0.3, 0.4) is 0 Å². The molecule has 6 heteroatoms. The molecule has 0 saturated carbocycles. The SMILES string of the molecule is CCn1ccc(C(=O)Nc2nc3cc(C)cc(C)c3s2)n1. The summed E-state index contributed by atoms with van der Waals surface area (Å²) in [5.74, 6) is -0.226. The zero-order valence-electron chi connectivity index (χ0n) is 12.2. The third-order valence-corrected chi connectivity index (χ3v) is 4.36. The van der Waals surface area contributed by atoms with Crippen molar-refractivity contribution in [3.05, 3.63) is 41.2 Å². The summed E-state index contributed by atoms with van der Waals surface area (Å²) in [6.07, 6.45) is 1.79. The number of carbonyl (C=O) groups is 1. The minimum atomic E-state index is -0.226. The van der Waals surface area contributed by atoms with Crippen LogP contribution in [0.1, 0.15) is 28.5 Å². The van der Waals surface area contributed by atoms with Crippen molar-refractivity contribution in [1.82, 2.24) is 14.8 Å². The number of thiazole rings is 1. The molecule has 2 heterocycles. The van der Waals surface area contributed by atoms with Crippen LogP contribution in [-0.4, -0.2) is 20.7 Å². The first-order valence-corrected chi connectivity index (χ1v) is 7.61. The standard InChI is InChI=1S/C15H16N4OS/c1-4-19-6-5-11(18-19)14(20)17-15-16-12-8-9(2)7-10(3)13(12)21-15/h5-8H,4H2,1-3H3,(H,16,17,20). The molecule has 0 spiro atoms. The number of aromatic nitrogens is 3. The topological polar surface area (TPSA) is 59.8 Å². The highest BCUT2D eigenvalue weighted by atomic mass is 32.1. The van der Waals surface area contributed by atoms with Gasteiger partial charge in [-0.3, -0.25) is 14.8 Å². The second-order valence-corrected chi connectivity index (χ2v) is 5.96. The Labute approximate surface area is 126 Å². The highest BCUT2D eigenvalue weighted by molar-refractivity contribution is 7.22. The minimum Gasteiger partial charge on any atom is -0.296 e. The van der Waals surface area contributed by atoms with Gasteiger partial charge in [-0.15, -0.1) is 0 Å². The lowest BCUT2D eigenvalue weighted by molar-refractivity contribution is 0.102. The molecule has 21 heavy (non-hydrogen) atoms. The number of amides is 1. The van der Waals surface area contributed by atoms with Crippen LogP contribution in [0.25, 0.3) is 10.2 Å². The number of aryl methyl sites for hydroxylation is 3. The molecule has 2 aromatic heterocycles. The fraction of sp³-hybridized carbons (Fsp3) is 0.267. The normalized spacial score (nSPS) is 11.0. The van der Waals surface area contributed by atoms with Crippen molar-refractivity contribution < 1.29 is 4.79 Å². The quantitative estimate of drug-likeness (QED) is 0.806. The number of nitrogens with zero attached hydrogens (tertiary/aromatic N) is 3. The van der Waals surface area contributed by atoms with E-state index < -0.39 is 0 Å². The molecule has 0 atom stereocenters. The predicted octanol–water partition coefficient (Wildman–Crippen LogP) is 3.38. The van der Waals surface area contributed by atoms with Gasteiger partial charge in [0.15, 0.2) is 10.8 Å². The van der Waals surface area contributed by atoms with E-state index in [0.29, 0.717) is 10.8 Å². The van der Waals surface area contributed by atoms with E-state index in [1.807, 2.05) is 19.9 Å².